The molecule has 0 aromatic heterocycles. The van der Waals surface area contributed by atoms with Crippen molar-refractivity contribution in [1.29, 1.82) is 0 Å². The summed E-state index contributed by atoms with van der Waals surface area (Å²) in [6.07, 6.45) is -4.91. The van der Waals surface area contributed by atoms with Gasteiger partial charge in [-0.05, 0) is 31.5 Å². The zero-order valence-electron chi connectivity index (χ0n) is 12.0. The van der Waals surface area contributed by atoms with Crippen molar-refractivity contribution in [2.24, 2.45) is 0 Å². The molecule has 1 rings (SSSR count). The van der Waals surface area contributed by atoms with Gasteiger partial charge in [0.2, 0.25) is 0 Å². The van der Waals surface area contributed by atoms with E-state index in [1.807, 2.05) is 13.8 Å². The van der Waals surface area contributed by atoms with Gasteiger partial charge in [-0.25, -0.2) is 0 Å². The number of benzene rings is 1. The molecule has 22 heavy (non-hydrogen) atoms. The third-order valence-corrected chi connectivity index (χ3v) is 5.62. The molecule has 0 heterocycles. The van der Waals surface area contributed by atoms with E-state index in [4.69, 9.17) is 9.05 Å². The first-order valence-corrected chi connectivity index (χ1v) is 8.63. The van der Waals surface area contributed by atoms with Crippen LogP contribution >= 0.6 is 24.3 Å². The second-order valence-corrected chi connectivity index (χ2v) is 7.26. The van der Waals surface area contributed by atoms with Crippen LogP contribution in [0, 0.1) is 0 Å². The van der Waals surface area contributed by atoms with Gasteiger partial charge in [-0.15, -0.1) is 0 Å². The molecule has 1 aromatic carbocycles. The van der Waals surface area contributed by atoms with Crippen molar-refractivity contribution in [2.75, 3.05) is 18.5 Å². The van der Waals surface area contributed by atoms with Gasteiger partial charge in [0.05, 0.1) is 13.2 Å². The van der Waals surface area contributed by atoms with Gasteiger partial charge in [0.25, 0.3) is 0 Å². The predicted molar refractivity (Wildman–Crippen MR) is 83.0 cm³/mol. The number of carbonyl (C=O) groups excluding carboxylic acids is 1. The lowest BCUT2D eigenvalue weighted by molar-refractivity contribution is -0.167. The zero-order chi connectivity index (χ0) is 16.8. The van der Waals surface area contributed by atoms with Gasteiger partial charge in [-0.3, -0.25) is 4.79 Å². The highest BCUT2D eigenvalue weighted by Crippen LogP contribution is 2.56. The second kappa shape index (κ2) is 8.82. The molecular formula is C13H16BrF3NO3P. The molecule has 1 amide bonds. The van der Waals surface area contributed by atoms with E-state index in [-0.39, 0.29) is 10.3 Å². The van der Waals surface area contributed by atoms with Crippen molar-refractivity contribution < 1.29 is 27.0 Å². The first kappa shape index (κ1) is 19.4. The van der Waals surface area contributed by atoms with E-state index in [0.717, 1.165) is 5.56 Å². The van der Waals surface area contributed by atoms with Crippen LogP contribution in [0.1, 0.15) is 24.0 Å². The van der Waals surface area contributed by atoms with E-state index in [0.29, 0.717) is 13.2 Å². The van der Waals surface area contributed by atoms with Crippen molar-refractivity contribution in [1.82, 2.24) is 0 Å². The standard InChI is InChI=1S/C13H16BrF3NO3P/c1-3-20-22(21-4-2)11(14)9-5-7-10(8-6-9)18-12(19)13(15,16)17/h5-8,11H,3-4H2,1-2H3,(H,18,19). The second-order valence-electron chi connectivity index (χ2n) is 4.03. The molecule has 9 heteroatoms. The maximum absolute atomic E-state index is 12.2. The largest absolute Gasteiger partial charge is 0.471 e. The molecule has 0 fully saturated rings. The van der Waals surface area contributed by atoms with Crippen LogP contribution in [0.3, 0.4) is 0 Å². The number of halogens is 4. The van der Waals surface area contributed by atoms with Gasteiger partial charge in [-0.1, -0.05) is 28.1 Å². The average molecular weight is 402 g/mol. The Labute approximate surface area is 136 Å². The van der Waals surface area contributed by atoms with Crippen molar-refractivity contribution >= 4 is 35.9 Å². The quantitative estimate of drug-likeness (QED) is 0.518. The van der Waals surface area contributed by atoms with Gasteiger partial charge in [-0.2, -0.15) is 13.2 Å². The van der Waals surface area contributed by atoms with Crippen LogP contribution in [-0.2, 0) is 13.8 Å². The molecule has 0 radical (unpaired) electrons. The Bertz CT molecular complexity index is 478. The molecule has 124 valence electrons. The van der Waals surface area contributed by atoms with Crippen LogP contribution < -0.4 is 5.32 Å². The fourth-order valence-electron chi connectivity index (χ4n) is 1.47. The van der Waals surface area contributed by atoms with Gasteiger partial charge in [0, 0.05) is 5.69 Å². The molecule has 1 aromatic rings. The smallest absolute Gasteiger partial charge is 0.333 e. The van der Waals surface area contributed by atoms with Crippen LogP contribution in [0.2, 0.25) is 0 Å². The van der Waals surface area contributed by atoms with E-state index in [1.54, 1.807) is 17.4 Å². The van der Waals surface area contributed by atoms with Crippen LogP contribution in [0.25, 0.3) is 0 Å². The Hall–Kier alpha value is -0.690. The Balaban J connectivity index is 2.76. The van der Waals surface area contributed by atoms with Crippen LogP contribution in [0.15, 0.2) is 24.3 Å². The molecule has 0 bridgehead atoms. The van der Waals surface area contributed by atoms with Crippen LogP contribution in [0.5, 0.6) is 0 Å². The molecular weight excluding hydrogens is 386 g/mol. The summed E-state index contributed by atoms with van der Waals surface area (Å²) in [5.41, 5.74) is 0.862. The van der Waals surface area contributed by atoms with Gasteiger partial charge < -0.3 is 14.4 Å². The lowest BCUT2D eigenvalue weighted by Crippen LogP contribution is -2.29. The molecule has 1 unspecified atom stereocenters. The minimum atomic E-state index is -4.91. The molecule has 0 spiro atoms. The van der Waals surface area contributed by atoms with E-state index < -0.39 is 20.5 Å². The zero-order valence-corrected chi connectivity index (χ0v) is 14.5. The van der Waals surface area contributed by atoms with E-state index >= 15 is 0 Å². The number of nitrogens with one attached hydrogen (secondary N) is 1. The molecule has 0 saturated carbocycles. The Morgan fingerprint density at radius 1 is 1.23 bits per heavy atom. The van der Waals surface area contributed by atoms with Gasteiger partial charge in [0.15, 0.2) is 8.38 Å². The maximum atomic E-state index is 12.2. The highest BCUT2D eigenvalue weighted by atomic mass is 79.9. The number of amides is 1. The lowest BCUT2D eigenvalue weighted by atomic mass is 10.2. The molecule has 0 saturated heterocycles. The number of hydrogen-bond acceptors (Lipinski definition) is 3. The Morgan fingerprint density at radius 2 is 1.73 bits per heavy atom. The van der Waals surface area contributed by atoms with Crippen molar-refractivity contribution in [2.45, 2.75) is 24.6 Å². The van der Waals surface area contributed by atoms with E-state index in [2.05, 4.69) is 15.9 Å². The summed E-state index contributed by atoms with van der Waals surface area (Å²) >= 11 is 3.47. The number of rotatable bonds is 7. The van der Waals surface area contributed by atoms with Crippen molar-refractivity contribution in [3.63, 3.8) is 0 Å². The van der Waals surface area contributed by atoms with Gasteiger partial charge >= 0.3 is 12.1 Å². The van der Waals surface area contributed by atoms with Crippen molar-refractivity contribution in [3.8, 4) is 0 Å². The lowest BCUT2D eigenvalue weighted by Gasteiger charge is -2.21. The minimum absolute atomic E-state index is 0.0722. The average Bonchev–Trinajstić information content (AvgIpc) is 2.46. The summed E-state index contributed by atoms with van der Waals surface area (Å²) in [6, 6.07) is 6.02. The Kier molecular flexibility index (Phi) is 7.76. The summed E-state index contributed by atoms with van der Waals surface area (Å²) in [5.74, 6) is -2.00. The monoisotopic (exact) mass is 401 g/mol. The summed E-state index contributed by atoms with van der Waals surface area (Å²) in [6.45, 7) is 4.69. The topological polar surface area (TPSA) is 47.6 Å². The predicted octanol–water partition coefficient (Wildman–Crippen LogP) is 4.97. The first-order valence-electron chi connectivity index (χ1n) is 6.46. The Morgan fingerprint density at radius 3 is 2.14 bits per heavy atom. The minimum Gasteiger partial charge on any atom is -0.333 e. The molecule has 1 atom stereocenters. The van der Waals surface area contributed by atoms with Crippen molar-refractivity contribution in [3.05, 3.63) is 29.8 Å². The molecule has 0 aliphatic carbocycles. The molecule has 0 aliphatic heterocycles. The summed E-state index contributed by atoms with van der Waals surface area (Å²) in [4.78, 5) is 10.8. The highest BCUT2D eigenvalue weighted by Gasteiger charge is 2.38. The number of alkyl halides is 4. The summed E-state index contributed by atoms with van der Waals surface area (Å²) < 4.78 is 47.3. The third-order valence-electron chi connectivity index (χ3n) is 2.40. The fourth-order valence-corrected chi connectivity index (χ4v) is 3.75. The normalized spacial score (nSPS) is 13.2. The molecule has 0 aliphatic rings. The van der Waals surface area contributed by atoms with E-state index in [1.165, 1.54) is 12.1 Å². The number of anilines is 1. The summed E-state index contributed by atoms with van der Waals surface area (Å²) in [7, 11) is -1.19. The maximum Gasteiger partial charge on any atom is 0.471 e. The van der Waals surface area contributed by atoms with Gasteiger partial charge in [0.1, 0.15) is 4.57 Å². The fraction of sp³-hybridized carbons (Fsp3) is 0.462. The van der Waals surface area contributed by atoms with E-state index in [9.17, 15) is 18.0 Å². The molecule has 1 N–H and O–H groups in total. The third kappa shape index (κ3) is 5.83. The number of carbonyl (C=O) groups is 1. The number of hydrogen-bond donors (Lipinski definition) is 1. The van der Waals surface area contributed by atoms with Crippen LogP contribution in [0.4, 0.5) is 18.9 Å². The summed E-state index contributed by atoms with van der Waals surface area (Å²) in [5, 5.41) is 1.79. The molecule has 4 nitrogen and oxygen atoms in total. The van der Waals surface area contributed by atoms with Crippen LogP contribution in [-0.4, -0.2) is 25.3 Å². The highest BCUT2D eigenvalue weighted by molar-refractivity contribution is 9.10. The first-order chi connectivity index (χ1) is 10.3. The SMILES string of the molecule is CCOP(OCC)C(Br)c1ccc(NC(=O)C(F)(F)F)cc1.